The lowest BCUT2D eigenvalue weighted by Gasteiger charge is -2.06. The van der Waals surface area contributed by atoms with E-state index in [1.54, 1.807) is 0 Å². The van der Waals surface area contributed by atoms with Crippen molar-refractivity contribution in [2.45, 2.75) is 19.3 Å². The van der Waals surface area contributed by atoms with Crippen LogP contribution in [0.3, 0.4) is 0 Å². The topological polar surface area (TPSA) is 66.0 Å². The normalized spacial score (nSPS) is 12.0. The zero-order valence-corrected chi connectivity index (χ0v) is 7.87. The van der Waals surface area contributed by atoms with Crippen molar-refractivity contribution >= 4 is 0 Å². The Balaban J connectivity index is 2.20. The van der Waals surface area contributed by atoms with Crippen molar-refractivity contribution in [2.24, 2.45) is 5.73 Å². The van der Waals surface area contributed by atoms with E-state index in [1.165, 1.54) is 11.0 Å². The van der Waals surface area contributed by atoms with Crippen molar-refractivity contribution in [1.29, 1.82) is 0 Å². The third-order valence-electron chi connectivity index (χ3n) is 1.50. The molecule has 0 aliphatic rings. The molecule has 0 fully saturated rings. The average Bonchev–Trinajstić information content (AvgIpc) is 2.59. The maximum atomic E-state index is 11.7. The Morgan fingerprint density at radius 2 is 2.20 bits per heavy atom. The van der Waals surface area contributed by atoms with Crippen LogP contribution in [0.2, 0.25) is 0 Å². The van der Waals surface area contributed by atoms with Crippen LogP contribution in [0, 0.1) is 0 Å². The number of aromatic nitrogens is 3. The largest absolute Gasteiger partial charge is 0.411 e. The second-order valence-corrected chi connectivity index (χ2v) is 2.80. The predicted molar refractivity (Wildman–Crippen MR) is 44.8 cm³/mol. The number of alkyl halides is 3. The van der Waals surface area contributed by atoms with E-state index in [0.717, 1.165) is 0 Å². The summed E-state index contributed by atoms with van der Waals surface area (Å²) in [4.78, 5) is 3.81. The Labute approximate surface area is 84.0 Å². The first-order valence-corrected chi connectivity index (χ1v) is 4.24. The molecule has 1 aromatic rings. The lowest BCUT2D eigenvalue weighted by atomic mass is 10.6. The summed E-state index contributed by atoms with van der Waals surface area (Å²) < 4.78 is 40.8. The van der Waals surface area contributed by atoms with Crippen LogP contribution in [0.5, 0.6) is 0 Å². The zero-order valence-electron chi connectivity index (χ0n) is 7.87. The third kappa shape index (κ3) is 4.75. The first-order valence-electron chi connectivity index (χ1n) is 4.24. The van der Waals surface area contributed by atoms with Gasteiger partial charge in [0, 0.05) is 0 Å². The van der Waals surface area contributed by atoms with Gasteiger partial charge in [0.2, 0.25) is 0 Å². The molecule has 86 valence electrons. The van der Waals surface area contributed by atoms with Crippen molar-refractivity contribution < 1.29 is 17.9 Å². The molecule has 0 atom stereocenters. The van der Waals surface area contributed by atoms with Gasteiger partial charge in [0.05, 0.1) is 19.7 Å². The Hall–Kier alpha value is -1.15. The molecule has 1 rings (SSSR count). The first kappa shape index (κ1) is 11.9. The summed E-state index contributed by atoms with van der Waals surface area (Å²) in [7, 11) is 0. The molecule has 0 aliphatic carbocycles. The third-order valence-corrected chi connectivity index (χ3v) is 1.50. The van der Waals surface area contributed by atoms with Gasteiger partial charge in [-0.05, 0) is 0 Å². The zero-order chi connectivity index (χ0) is 11.3. The Bertz CT molecular complexity index is 299. The number of hydrogen-bond donors (Lipinski definition) is 1. The molecule has 0 bridgehead atoms. The van der Waals surface area contributed by atoms with Gasteiger partial charge in [0.1, 0.15) is 12.9 Å². The van der Waals surface area contributed by atoms with Gasteiger partial charge in [-0.3, -0.25) is 4.68 Å². The van der Waals surface area contributed by atoms with E-state index in [2.05, 4.69) is 14.8 Å². The molecule has 5 nitrogen and oxygen atoms in total. The fraction of sp³-hybridized carbons (Fsp3) is 0.714. The minimum Gasteiger partial charge on any atom is -0.370 e. The van der Waals surface area contributed by atoms with E-state index in [0.29, 0.717) is 5.82 Å². The Morgan fingerprint density at radius 3 is 2.73 bits per heavy atom. The molecule has 0 spiro atoms. The molecule has 1 aromatic heterocycles. The van der Waals surface area contributed by atoms with Gasteiger partial charge in [-0.2, -0.15) is 18.3 Å². The summed E-state index contributed by atoms with van der Waals surface area (Å²) in [5, 5.41) is 3.88. The number of nitrogens with two attached hydrogens (primary N) is 1. The van der Waals surface area contributed by atoms with Crippen LogP contribution in [0.4, 0.5) is 13.2 Å². The highest BCUT2D eigenvalue weighted by Gasteiger charge is 2.27. The van der Waals surface area contributed by atoms with Gasteiger partial charge in [-0.1, -0.05) is 0 Å². The van der Waals surface area contributed by atoms with Crippen molar-refractivity contribution in [3.05, 3.63) is 12.2 Å². The molecule has 0 aromatic carbocycles. The van der Waals surface area contributed by atoms with Crippen LogP contribution in [0.1, 0.15) is 5.82 Å². The summed E-state index contributed by atoms with van der Waals surface area (Å²) in [6.45, 7) is -0.877. The maximum Gasteiger partial charge on any atom is 0.411 e. The second kappa shape index (κ2) is 5.08. The number of halogens is 3. The minimum absolute atomic E-state index is 0.0626. The van der Waals surface area contributed by atoms with Gasteiger partial charge in [0.25, 0.3) is 0 Å². The van der Waals surface area contributed by atoms with Crippen LogP contribution in [-0.2, 0) is 17.8 Å². The number of rotatable bonds is 5. The molecule has 0 saturated carbocycles. The molecule has 2 N–H and O–H groups in total. The van der Waals surface area contributed by atoms with Gasteiger partial charge >= 0.3 is 6.18 Å². The van der Waals surface area contributed by atoms with E-state index in [-0.39, 0.29) is 19.7 Å². The summed E-state index contributed by atoms with van der Waals surface area (Å²) in [6, 6.07) is 0. The highest BCUT2D eigenvalue weighted by atomic mass is 19.4. The quantitative estimate of drug-likeness (QED) is 0.731. The molecule has 0 unspecified atom stereocenters. The summed E-state index contributed by atoms with van der Waals surface area (Å²) >= 11 is 0. The molecular formula is C7H11F3N4O. The van der Waals surface area contributed by atoms with Crippen molar-refractivity contribution in [2.75, 3.05) is 13.2 Å². The Morgan fingerprint density at radius 1 is 1.47 bits per heavy atom. The highest BCUT2D eigenvalue weighted by Crippen LogP contribution is 2.14. The summed E-state index contributed by atoms with van der Waals surface area (Å²) in [5.41, 5.74) is 5.26. The molecule has 0 radical (unpaired) electrons. The molecule has 15 heavy (non-hydrogen) atoms. The predicted octanol–water partition coefficient (Wildman–Crippen LogP) is 0.316. The lowest BCUT2D eigenvalue weighted by Crippen LogP contribution is -2.19. The van der Waals surface area contributed by atoms with Crippen molar-refractivity contribution in [3.8, 4) is 0 Å². The van der Waals surface area contributed by atoms with Crippen molar-refractivity contribution in [3.63, 3.8) is 0 Å². The van der Waals surface area contributed by atoms with Crippen LogP contribution in [0.25, 0.3) is 0 Å². The highest BCUT2D eigenvalue weighted by molar-refractivity contribution is 4.78. The van der Waals surface area contributed by atoms with Gasteiger partial charge in [-0.25, -0.2) is 4.98 Å². The van der Waals surface area contributed by atoms with E-state index in [1.807, 2.05) is 0 Å². The summed E-state index contributed by atoms with van der Waals surface area (Å²) in [5.74, 6) is 0.450. The van der Waals surface area contributed by atoms with Crippen LogP contribution in [-0.4, -0.2) is 34.2 Å². The number of hydrogen-bond acceptors (Lipinski definition) is 4. The van der Waals surface area contributed by atoms with Crippen molar-refractivity contribution in [1.82, 2.24) is 14.8 Å². The van der Waals surface area contributed by atoms with E-state index >= 15 is 0 Å². The van der Waals surface area contributed by atoms with Crippen LogP contribution < -0.4 is 5.73 Å². The van der Waals surface area contributed by atoms with Crippen LogP contribution >= 0.6 is 0 Å². The Kier molecular flexibility index (Phi) is 4.04. The SMILES string of the molecule is NCc1ncn(CCOCC(F)(F)F)n1. The van der Waals surface area contributed by atoms with E-state index in [9.17, 15) is 13.2 Å². The maximum absolute atomic E-state index is 11.7. The van der Waals surface area contributed by atoms with E-state index in [4.69, 9.17) is 5.73 Å². The first-order chi connectivity index (χ1) is 7.01. The fourth-order valence-electron chi connectivity index (χ4n) is 0.880. The monoisotopic (exact) mass is 224 g/mol. The van der Waals surface area contributed by atoms with Gasteiger partial charge in [0.15, 0.2) is 5.82 Å². The molecule has 1 heterocycles. The van der Waals surface area contributed by atoms with Gasteiger partial charge in [-0.15, -0.1) is 0 Å². The lowest BCUT2D eigenvalue weighted by molar-refractivity contribution is -0.174. The molecular weight excluding hydrogens is 213 g/mol. The smallest absolute Gasteiger partial charge is 0.370 e. The second-order valence-electron chi connectivity index (χ2n) is 2.80. The molecule has 0 amide bonds. The fourth-order valence-corrected chi connectivity index (χ4v) is 0.880. The standard InChI is InChI=1S/C7H11F3N4O/c8-7(9,10)4-15-2-1-14-5-12-6(3-11)13-14/h5H,1-4,11H2. The molecule has 8 heteroatoms. The average molecular weight is 224 g/mol. The minimum atomic E-state index is -4.29. The molecule has 0 aliphatic heterocycles. The van der Waals surface area contributed by atoms with E-state index < -0.39 is 12.8 Å². The van der Waals surface area contributed by atoms with Crippen LogP contribution in [0.15, 0.2) is 6.33 Å². The molecule has 0 saturated heterocycles. The summed E-state index contributed by atoms with van der Waals surface area (Å²) in [6.07, 6.45) is -2.88. The van der Waals surface area contributed by atoms with Gasteiger partial charge < -0.3 is 10.5 Å². The number of ether oxygens (including phenoxy) is 1. The number of nitrogens with zero attached hydrogens (tertiary/aromatic N) is 3.